The average molecular weight is 223 g/mol. The standard InChI is InChI=1S/C14H25NO/c1-8(2)10-7-6-9(3)11-12(10)13(11)14(16)15(4)5/h8-13H,6-7H2,1-5H3/t9-,10+,11+,12-,13-/m1/s1. The Morgan fingerprint density at radius 1 is 1.19 bits per heavy atom. The van der Waals surface area contributed by atoms with Crippen molar-refractivity contribution >= 4 is 5.91 Å². The van der Waals surface area contributed by atoms with E-state index in [1.165, 1.54) is 12.8 Å². The Morgan fingerprint density at radius 2 is 1.81 bits per heavy atom. The van der Waals surface area contributed by atoms with Crippen molar-refractivity contribution in [1.29, 1.82) is 0 Å². The van der Waals surface area contributed by atoms with Crippen molar-refractivity contribution in [1.82, 2.24) is 4.90 Å². The van der Waals surface area contributed by atoms with Crippen LogP contribution in [0.2, 0.25) is 0 Å². The zero-order chi connectivity index (χ0) is 12.0. The molecule has 0 saturated heterocycles. The van der Waals surface area contributed by atoms with Crippen LogP contribution < -0.4 is 0 Å². The number of rotatable bonds is 2. The van der Waals surface area contributed by atoms with Crippen molar-refractivity contribution in [2.24, 2.45) is 35.5 Å². The first-order chi connectivity index (χ1) is 7.45. The summed E-state index contributed by atoms with van der Waals surface area (Å²) in [4.78, 5) is 13.9. The second-order valence-corrected chi connectivity index (χ2v) is 6.38. The first-order valence-electron chi connectivity index (χ1n) is 6.66. The van der Waals surface area contributed by atoms with Gasteiger partial charge in [-0.25, -0.2) is 0 Å². The van der Waals surface area contributed by atoms with E-state index in [1.54, 1.807) is 4.90 Å². The minimum atomic E-state index is 0.347. The van der Waals surface area contributed by atoms with E-state index >= 15 is 0 Å². The van der Waals surface area contributed by atoms with Crippen molar-refractivity contribution in [2.45, 2.75) is 33.6 Å². The second-order valence-electron chi connectivity index (χ2n) is 6.38. The predicted molar refractivity (Wildman–Crippen MR) is 65.9 cm³/mol. The van der Waals surface area contributed by atoms with Gasteiger partial charge in [0.2, 0.25) is 5.91 Å². The molecule has 2 rings (SSSR count). The number of carbonyl (C=O) groups excluding carboxylic acids is 1. The molecule has 1 amide bonds. The zero-order valence-electron chi connectivity index (χ0n) is 11.2. The quantitative estimate of drug-likeness (QED) is 0.705. The van der Waals surface area contributed by atoms with Crippen molar-refractivity contribution in [2.75, 3.05) is 14.1 Å². The summed E-state index contributed by atoms with van der Waals surface area (Å²) in [6.07, 6.45) is 2.65. The molecule has 0 aliphatic heterocycles. The summed E-state index contributed by atoms with van der Waals surface area (Å²) in [5, 5.41) is 0. The van der Waals surface area contributed by atoms with Gasteiger partial charge in [-0.1, -0.05) is 27.2 Å². The number of hydrogen-bond donors (Lipinski definition) is 0. The number of amides is 1. The first kappa shape index (κ1) is 11.9. The van der Waals surface area contributed by atoms with E-state index in [4.69, 9.17) is 0 Å². The van der Waals surface area contributed by atoms with Gasteiger partial charge >= 0.3 is 0 Å². The molecule has 0 heterocycles. The molecule has 0 aromatic heterocycles. The van der Waals surface area contributed by atoms with Crippen LogP contribution in [0.3, 0.4) is 0 Å². The smallest absolute Gasteiger partial charge is 0.225 e. The molecule has 2 aliphatic carbocycles. The van der Waals surface area contributed by atoms with E-state index in [1.807, 2.05) is 14.1 Å². The van der Waals surface area contributed by atoms with Gasteiger partial charge in [-0.15, -0.1) is 0 Å². The lowest BCUT2D eigenvalue weighted by Crippen LogP contribution is -2.25. The highest BCUT2D eigenvalue weighted by Crippen LogP contribution is 2.62. The van der Waals surface area contributed by atoms with Crippen LogP contribution in [0.5, 0.6) is 0 Å². The fourth-order valence-corrected chi connectivity index (χ4v) is 3.89. The normalized spacial score (nSPS) is 41.8. The van der Waals surface area contributed by atoms with Crippen LogP contribution >= 0.6 is 0 Å². The summed E-state index contributed by atoms with van der Waals surface area (Å²) in [7, 11) is 3.78. The highest BCUT2D eigenvalue weighted by molar-refractivity contribution is 5.82. The summed E-state index contributed by atoms with van der Waals surface area (Å²) >= 11 is 0. The molecule has 2 aliphatic rings. The van der Waals surface area contributed by atoms with Gasteiger partial charge in [-0.3, -0.25) is 4.79 Å². The van der Waals surface area contributed by atoms with Gasteiger partial charge in [0.05, 0.1) is 0 Å². The molecular weight excluding hydrogens is 198 g/mol. The molecule has 5 atom stereocenters. The van der Waals surface area contributed by atoms with Crippen LogP contribution in [0.1, 0.15) is 33.6 Å². The third-order valence-electron chi connectivity index (χ3n) is 4.82. The Labute approximate surface area is 99.4 Å². The second kappa shape index (κ2) is 4.05. The Morgan fingerprint density at radius 3 is 2.31 bits per heavy atom. The summed E-state index contributed by atoms with van der Waals surface area (Å²) in [5.41, 5.74) is 0. The topological polar surface area (TPSA) is 20.3 Å². The molecule has 0 bridgehead atoms. The Bertz CT molecular complexity index is 284. The molecule has 0 aromatic carbocycles. The van der Waals surface area contributed by atoms with E-state index in [0.29, 0.717) is 23.7 Å². The molecule has 0 N–H and O–H groups in total. The molecule has 0 unspecified atom stereocenters. The molecule has 16 heavy (non-hydrogen) atoms. The number of hydrogen-bond acceptors (Lipinski definition) is 1. The van der Waals surface area contributed by atoms with E-state index in [9.17, 15) is 4.79 Å². The number of carbonyl (C=O) groups is 1. The maximum atomic E-state index is 12.1. The van der Waals surface area contributed by atoms with Gasteiger partial charge < -0.3 is 4.90 Å². The molecule has 0 aromatic rings. The minimum Gasteiger partial charge on any atom is -0.349 e. The van der Waals surface area contributed by atoms with Crippen LogP contribution in [0.15, 0.2) is 0 Å². The largest absolute Gasteiger partial charge is 0.349 e. The summed E-state index contributed by atoms with van der Waals surface area (Å²) in [6.45, 7) is 6.96. The lowest BCUT2D eigenvalue weighted by molar-refractivity contribution is -0.130. The molecule has 2 nitrogen and oxygen atoms in total. The third kappa shape index (κ3) is 1.76. The molecular formula is C14H25NO. The van der Waals surface area contributed by atoms with E-state index in [2.05, 4.69) is 20.8 Å². The van der Waals surface area contributed by atoms with E-state index in [-0.39, 0.29) is 0 Å². The van der Waals surface area contributed by atoms with Gasteiger partial charge in [0.25, 0.3) is 0 Å². The Kier molecular flexibility index (Phi) is 3.02. The van der Waals surface area contributed by atoms with Gasteiger partial charge in [0.1, 0.15) is 0 Å². The van der Waals surface area contributed by atoms with Crippen molar-refractivity contribution < 1.29 is 4.79 Å². The average Bonchev–Trinajstić information content (AvgIpc) is 2.92. The highest BCUT2D eigenvalue weighted by Gasteiger charge is 2.62. The fraction of sp³-hybridized carbons (Fsp3) is 0.929. The number of nitrogens with zero attached hydrogens (tertiary/aromatic N) is 1. The minimum absolute atomic E-state index is 0.347. The molecule has 92 valence electrons. The summed E-state index contributed by atoms with van der Waals surface area (Å²) in [6, 6.07) is 0. The van der Waals surface area contributed by atoms with Crippen molar-refractivity contribution in [3.63, 3.8) is 0 Å². The molecule has 0 spiro atoms. The maximum Gasteiger partial charge on any atom is 0.225 e. The van der Waals surface area contributed by atoms with Gasteiger partial charge in [0.15, 0.2) is 0 Å². The summed E-state index contributed by atoms with van der Waals surface area (Å²) < 4.78 is 0. The Balaban J connectivity index is 2.11. The maximum absolute atomic E-state index is 12.1. The summed E-state index contributed by atoms with van der Waals surface area (Å²) in [5.74, 6) is 4.38. The van der Waals surface area contributed by atoms with Crippen LogP contribution in [0.25, 0.3) is 0 Å². The molecule has 2 saturated carbocycles. The monoisotopic (exact) mass is 223 g/mol. The van der Waals surface area contributed by atoms with Crippen molar-refractivity contribution in [3.05, 3.63) is 0 Å². The van der Waals surface area contributed by atoms with Crippen molar-refractivity contribution in [3.8, 4) is 0 Å². The highest BCUT2D eigenvalue weighted by atomic mass is 16.2. The van der Waals surface area contributed by atoms with Crippen LogP contribution in [0, 0.1) is 35.5 Å². The van der Waals surface area contributed by atoms with Crippen LogP contribution in [-0.2, 0) is 4.79 Å². The zero-order valence-corrected chi connectivity index (χ0v) is 11.2. The third-order valence-corrected chi connectivity index (χ3v) is 4.82. The SMILES string of the molecule is CC(C)[C@@H]1CC[C@@H](C)[C@@H]2[C@@H](C(=O)N(C)C)[C@@H]21. The predicted octanol–water partition coefficient (Wildman–Crippen LogP) is 2.64. The lowest BCUT2D eigenvalue weighted by atomic mass is 9.77. The molecule has 2 fully saturated rings. The van der Waals surface area contributed by atoms with E-state index in [0.717, 1.165) is 17.8 Å². The molecule has 2 heteroatoms. The Hall–Kier alpha value is -0.530. The van der Waals surface area contributed by atoms with Gasteiger partial charge in [0, 0.05) is 20.0 Å². The lowest BCUT2D eigenvalue weighted by Gasteiger charge is -2.28. The van der Waals surface area contributed by atoms with Crippen LogP contribution in [-0.4, -0.2) is 24.9 Å². The van der Waals surface area contributed by atoms with Gasteiger partial charge in [-0.05, 0) is 36.0 Å². The van der Waals surface area contributed by atoms with Gasteiger partial charge in [-0.2, -0.15) is 0 Å². The fourth-order valence-electron chi connectivity index (χ4n) is 3.89. The van der Waals surface area contributed by atoms with Crippen LogP contribution in [0.4, 0.5) is 0 Å². The first-order valence-corrected chi connectivity index (χ1v) is 6.66. The molecule has 0 radical (unpaired) electrons. The van der Waals surface area contributed by atoms with E-state index < -0.39 is 0 Å². The number of fused-ring (bicyclic) bond motifs is 1.